The van der Waals surface area contributed by atoms with Gasteiger partial charge < -0.3 is 4.43 Å². The maximum Gasteiger partial charge on any atom is 0.235 e. The second-order valence-corrected chi connectivity index (χ2v) is 18.0. The Balaban J connectivity index is 2.53. The fourth-order valence-electron chi connectivity index (χ4n) is 3.59. The molecule has 0 aromatic rings. The van der Waals surface area contributed by atoms with Crippen molar-refractivity contribution in [1.29, 1.82) is 0 Å². The fourth-order valence-corrected chi connectivity index (χ4v) is 14.9. The smallest absolute Gasteiger partial charge is 0.235 e. The van der Waals surface area contributed by atoms with Crippen LogP contribution in [0.1, 0.15) is 58.3 Å². The molecule has 134 valence electrons. The number of allylic oxidation sites excluding steroid dienone is 1. The van der Waals surface area contributed by atoms with Crippen molar-refractivity contribution in [3.05, 3.63) is 61.3 Å². The molecular weight excluding hydrogens is 324 g/mol. The normalized spacial score (nSPS) is 22.1. The highest BCUT2D eigenvalue weighted by molar-refractivity contribution is 7.47. The molecule has 1 aliphatic rings. The van der Waals surface area contributed by atoms with Gasteiger partial charge in [-0.25, -0.2) is 0 Å². The molecule has 3 heteroatoms. The molecule has 1 atom stereocenters. The second kappa shape index (κ2) is 10.9. The molecule has 1 aliphatic heterocycles. The van der Waals surface area contributed by atoms with E-state index in [0.29, 0.717) is 0 Å². The molecule has 1 rings (SSSR count). The minimum atomic E-state index is -2.18. The first-order valence-corrected chi connectivity index (χ1v) is 14.9. The maximum absolute atomic E-state index is 6.57. The Hall–Kier alpha value is -0.906. The van der Waals surface area contributed by atoms with E-state index in [1.165, 1.54) is 38.5 Å². The van der Waals surface area contributed by atoms with Crippen LogP contribution >= 0.6 is 0 Å². The van der Waals surface area contributed by atoms with Crippen molar-refractivity contribution in [3.8, 4) is 0 Å². The van der Waals surface area contributed by atoms with Crippen molar-refractivity contribution in [2.24, 2.45) is 0 Å². The average molecular weight is 361 g/mol. The number of rotatable bonds is 12. The summed E-state index contributed by atoms with van der Waals surface area (Å²) >= 11 is 0. The Morgan fingerprint density at radius 2 is 1.54 bits per heavy atom. The predicted molar refractivity (Wildman–Crippen MR) is 114 cm³/mol. The predicted octanol–water partition coefficient (Wildman–Crippen LogP) is 6.46. The first-order valence-electron chi connectivity index (χ1n) is 9.52. The molecule has 1 nitrogen and oxygen atoms in total. The minimum Gasteiger partial charge on any atom is -0.405 e. The van der Waals surface area contributed by atoms with Crippen LogP contribution in [-0.2, 0) is 4.43 Å². The third kappa shape index (κ3) is 5.04. The number of hydrogen-bond donors (Lipinski definition) is 0. The molecule has 24 heavy (non-hydrogen) atoms. The highest BCUT2D eigenvalue weighted by Crippen LogP contribution is 2.37. The minimum absolute atomic E-state index is 0.202. The summed E-state index contributed by atoms with van der Waals surface area (Å²) in [6, 6.07) is 1.15. The fraction of sp³-hybridized carbons (Fsp3) is 0.524. The van der Waals surface area contributed by atoms with Gasteiger partial charge >= 0.3 is 0 Å². The SMILES string of the molecule is C=C[Si]1(C=C)CCC(C=CCCCCCCCC)O[Si]1(C=C)C=C. The van der Waals surface area contributed by atoms with Gasteiger partial charge in [-0.05, 0) is 25.3 Å². The van der Waals surface area contributed by atoms with E-state index in [1.807, 2.05) is 11.4 Å². The lowest BCUT2D eigenvalue weighted by atomic mass is 10.1. The zero-order valence-electron chi connectivity index (χ0n) is 15.6. The highest BCUT2D eigenvalue weighted by Gasteiger charge is 2.53. The first-order chi connectivity index (χ1) is 11.6. The zero-order chi connectivity index (χ0) is 17.9. The molecule has 0 spiro atoms. The van der Waals surface area contributed by atoms with E-state index in [0.717, 1.165) is 18.9 Å². The molecule has 1 heterocycles. The Morgan fingerprint density at radius 1 is 0.917 bits per heavy atom. The largest absolute Gasteiger partial charge is 0.405 e. The summed E-state index contributed by atoms with van der Waals surface area (Å²) in [6.45, 7) is 18.6. The Bertz CT molecular complexity index is 437. The van der Waals surface area contributed by atoms with Crippen LogP contribution < -0.4 is 0 Å². The molecule has 0 radical (unpaired) electrons. The van der Waals surface area contributed by atoms with Crippen molar-refractivity contribution in [1.82, 2.24) is 0 Å². The topological polar surface area (TPSA) is 9.23 Å². The summed E-state index contributed by atoms with van der Waals surface area (Å²) in [5, 5.41) is 0. The van der Waals surface area contributed by atoms with Crippen LogP contribution in [0.25, 0.3) is 0 Å². The Labute approximate surface area is 151 Å². The molecule has 1 fully saturated rings. The summed E-state index contributed by atoms with van der Waals surface area (Å²) in [5.74, 6) is 0. The quantitative estimate of drug-likeness (QED) is 0.220. The van der Waals surface area contributed by atoms with Gasteiger partial charge in [-0.2, -0.15) is 0 Å². The van der Waals surface area contributed by atoms with Gasteiger partial charge in [0.05, 0.1) is 6.10 Å². The van der Waals surface area contributed by atoms with Crippen molar-refractivity contribution in [3.63, 3.8) is 0 Å². The van der Waals surface area contributed by atoms with E-state index in [-0.39, 0.29) is 6.10 Å². The average Bonchev–Trinajstić information content (AvgIpc) is 2.63. The van der Waals surface area contributed by atoms with E-state index in [9.17, 15) is 0 Å². The Morgan fingerprint density at radius 3 is 2.12 bits per heavy atom. The molecule has 0 amide bonds. The highest BCUT2D eigenvalue weighted by atomic mass is 29.3. The molecule has 0 aliphatic carbocycles. The lowest BCUT2D eigenvalue weighted by Crippen LogP contribution is -2.65. The zero-order valence-corrected chi connectivity index (χ0v) is 17.6. The summed E-state index contributed by atoms with van der Waals surface area (Å²) in [4.78, 5) is 0. The third-order valence-corrected chi connectivity index (χ3v) is 19.2. The molecule has 0 bridgehead atoms. The van der Waals surface area contributed by atoms with Gasteiger partial charge in [0.25, 0.3) is 0 Å². The van der Waals surface area contributed by atoms with E-state index >= 15 is 0 Å². The van der Waals surface area contributed by atoms with Crippen LogP contribution in [0.4, 0.5) is 0 Å². The van der Waals surface area contributed by atoms with Crippen LogP contribution in [0.2, 0.25) is 6.04 Å². The van der Waals surface area contributed by atoms with Gasteiger partial charge in [-0.15, -0.1) is 26.3 Å². The molecule has 1 unspecified atom stereocenters. The van der Waals surface area contributed by atoms with Crippen LogP contribution in [0.5, 0.6) is 0 Å². The van der Waals surface area contributed by atoms with Gasteiger partial charge in [0, 0.05) is 0 Å². The lowest BCUT2D eigenvalue weighted by Gasteiger charge is -2.46. The van der Waals surface area contributed by atoms with Crippen LogP contribution in [0, 0.1) is 0 Å². The second-order valence-electron chi connectivity index (χ2n) is 6.83. The summed E-state index contributed by atoms with van der Waals surface area (Å²) in [7, 11) is -4.04. The standard InChI is InChI=1S/C21H36OSi2/c1-6-11-12-13-14-15-16-17-18-21-19-20-23(7-2,8-3)24(9-4,10-5)22-21/h7-10,17-18,21H,2-6,11-16,19-20H2,1H3. The third-order valence-electron chi connectivity index (χ3n) is 5.33. The van der Waals surface area contributed by atoms with Crippen LogP contribution in [-0.4, -0.2) is 21.5 Å². The summed E-state index contributed by atoms with van der Waals surface area (Å²) in [6.07, 6.45) is 15.1. The van der Waals surface area contributed by atoms with Gasteiger partial charge in [-0.3, -0.25) is 0 Å². The number of unbranched alkanes of at least 4 members (excludes halogenated alkanes) is 6. The molecular formula is C21H36OSi2. The van der Waals surface area contributed by atoms with E-state index in [1.54, 1.807) is 0 Å². The van der Waals surface area contributed by atoms with E-state index in [2.05, 4.69) is 56.8 Å². The first kappa shape index (κ1) is 21.1. The van der Waals surface area contributed by atoms with Gasteiger partial charge in [0.1, 0.15) is 7.59 Å². The van der Waals surface area contributed by atoms with Gasteiger partial charge in [-0.1, -0.05) is 74.0 Å². The van der Waals surface area contributed by atoms with E-state index < -0.39 is 15.4 Å². The molecule has 0 N–H and O–H groups in total. The van der Waals surface area contributed by atoms with Gasteiger partial charge in [0.15, 0.2) is 0 Å². The Kier molecular flexibility index (Phi) is 9.56. The molecule has 0 aromatic carbocycles. The summed E-state index contributed by atoms with van der Waals surface area (Å²) < 4.78 is 6.57. The maximum atomic E-state index is 6.57. The molecule has 0 aromatic heterocycles. The lowest BCUT2D eigenvalue weighted by molar-refractivity contribution is 0.239. The monoisotopic (exact) mass is 360 g/mol. The van der Waals surface area contributed by atoms with Gasteiger partial charge in [0.2, 0.25) is 7.83 Å². The van der Waals surface area contributed by atoms with Crippen molar-refractivity contribution >= 4 is 15.4 Å². The molecule has 1 saturated heterocycles. The molecule has 0 saturated carbocycles. The van der Waals surface area contributed by atoms with Crippen molar-refractivity contribution in [2.75, 3.05) is 0 Å². The van der Waals surface area contributed by atoms with Crippen molar-refractivity contribution in [2.45, 2.75) is 70.4 Å². The number of hydrogen-bond acceptors (Lipinski definition) is 1. The van der Waals surface area contributed by atoms with E-state index in [4.69, 9.17) is 4.43 Å². The summed E-state index contributed by atoms with van der Waals surface area (Å²) in [5.41, 5.74) is 8.35. The van der Waals surface area contributed by atoms with Crippen LogP contribution in [0.3, 0.4) is 0 Å². The van der Waals surface area contributed by atoms with Crippen LogP contribution in [0.15, 0.2) is 61.3 Å². The van der Waals surface area contributed by atoms with Crippen molar-refractivity contribution < 1.29 is 4.43 Å².